The molecule has 2 heterocycles. The summed E-state index contributed by atoms with van der Waals surface area (Å²) in [4.78, 5) is 29.7. The molecule has 37 heavy (non-hydrogen) atoms. The summed E-state index contributed by atoms with van der Waals surface area (Å²) in [6, 6.07) is 16.7. The molecule has 6 heteroatoms. The van der Waals surface area contributed by atoms with Crippen LogP contribution in [0.3, 0.4) is 0 Å². The first-order valence-electron chi connectivity index (χ1n) is 13.7. The van der Waals surface area contributed by atoms with Crippen molar-refractivity contribution < 1.29 is 4.79 Å². The third kappa shape index (κ3) is 4.89. The van der Waals surface area contributed by atoms with Crippen molar-refractivity contribution in [1.82, 2.24) is 14.5 Å². The lowest BCUT2D eigenvalue weighted by molar-refractivity contribution is 0.0954. The van der Waals surface area contributed by atoms with Crippen LogP contribution in [-0.4, -0.2) is 34.7 Å². The van der Waals surface area contributed by atoms with Crippen LogP contribution in [0.15, 0.2) is 59.5 Å². The first kappa shape index (κ1) is 25.1. The zero-order valence-corrected chi connectivity index (χ0v) is 22.3. The molecular weight excluding hydrogens is 460 g/mol. The predicted molar refractivity (Wildman–Crippen MR) is 153 cm³/mol. The van der Waals surface area contributed by atoms with Gasteiger partial charge < -0.3 is 19.4 Å². The second-order valence-electron chi connectivity index (χ2n) is 10.4. The molecule has 0 spiro atoms. The van der Waals surface area contributed by atoms with Crippen molar-refractivity contribution in [2.45, 2.75) is 58.4 Å². The average Bonchev–Trinajstić information content (AvgIpc) is 3.22. The van der Waals surface area contributed by atoms with Crippen molar-refractivity contribution in [3.63, 3.8) is 0 Å². The summed E-state index contributed by atoms with van der Waals surface area (Å²) < 4.78 is 3.82. The maximum Gasteiger partial charge on any atom is 0.275 e. The molecule has 0 unspecified atom stereocenters. The number of aromatic nitrogens is 2. The fourth-order valence-electron chi connectivity index (χ4n) is 5.96. The van der Waals surface area contributed by atoms with Crippen LogP contribution in [0.4, 0.5) is 5.69 Å². The van der Waals surface area contributed by atoms with E-state index in [4.69, 9.17) is 0 Å². The molecule has 194 valence electrons. The number of pyridine rings is 1. The summed E-state index contributed by atoms with van der Waals surface area (Å²) in [5.74, 6) is -0.107. The van der Waals surface area contributed by atoms with E-state index in [2.05, 4.69) is 48.3 Å². The zero-order chi connectivity index (χ0) is 25.9. The van der Waals surface area contributed by atoms with Gasteiger partial charge in [-0.05, 0) is 56.9 Å². The molecule has 0 bridgehead atoms. The van der Waals surface area contributed by atoms with Crippen LogP contribution in [0.5, 0.6) is 0 Å². The lowest BCUT2D eigenvalue weighted by Crippen LogP contribution is -2.32. The van der Waals surface area contributed by atoms with Crippen LogP contribution in [0.25, 0.3) is 21.8 Å². The summed E-state index contributed by atoms with van der Waals surface area (Å²) in [7, 11) is 1.93. The van der Waals surface area contributed by atoms with Crippen LogP contribution < -0.4 is 15.8 Å². The number of hydrogen-bond donors (Lipinski definition) is 1. The van der Waals surface area contributed by atoms with Gasteiger partial charge in [0.15, 0.2) is 0 Å². The number of nitrogens with zero attached hydrogens (tertiary/aromatic N) is 3. The minimum atomic E-state index is -0.107. The second kappa shape index (κ2) is 10.8. The lowest BCUT2D eigenvalue weighted by atomic mass is 9.95. The molecule has 5 rings (SSSR count). The Morgan fingerprint density at radius 2 is 1.86 bits per heavy atom. The van der Waals surface area contributed by atoms with Crippen LogP contribution in [-0.2, 0) is 7.05 Å². The molecular formula is C31H38N4O2. The van der Waals surface area contributed by atoms with Gasteiger partial charge in [0, 0.05) is 60.9 Å². The molecule has 6 nitrogen and oxygen atoms in total. The van der Waals surface area contributed by atoms with Crippen LogP contribution in [0.2, 0.25) is 0 Å². The van der Waals surface area contributed by atoms with Gasteiger partial charge in [0.2, 0.25) is 0 Å². The normalized spacial score (nSPS) is 14.4. The van der Waals surface area contributed by atoms with Crippen molar-refractivity contribution in [2.24, 2.45) is 7.05 Å². The number of para-hydroxylation sites is 1. The van der Waals surface area contributed by atoms with Gasteiger partial charge in [0.1, 0.15) is 5.52 Å². The smallest absolute Gasteiger partial charge is 0.275 e. The van der Waals surface area contributed by atoms with Crippen molar-refractivity contribution in [2.75, 3.05) is 24.5 Å². The van der Waals surface area contributed by atoms with Gasteiger partial charge in [-0.15, -0.1) is 0 Å². The number of rotatable bonds is 8. The quantitative estimate of drug-likeness (QED) is 0.305. The number of anilines is 1. The fourth-order valence-corrected chi connectivity index (χ4v) is 5.96. The van der Waals surface area contributed by atoms with E-state index in [9.17, 15) is 9.59 Å². The Morgan fingerprint density at radius 3 is 2.62 bits per heavy atom. The maximum atomic E-state index is 13.7. The third-order valence-corrected chi connectivity index (χ3v) is 7.93. The zero-order valence-electron chi connectivity index (χ0n) is 22.3. The largest absolute Gasteiger partial charge is 0.372 e. The van der Waals surface area contributed by atoms with Gasteiger partial charge >= 0.3 is 0 Å². The summed E-state index contributed by atoms with van der Waals surface area (Å²) in [6.07, 6.45) is 8.12. The van der Waals surface area contributed by atoms with Crippen LogP contribution >= 0.6 is 0 Å². The minimum absolute atomic E-state index is 0.00823. The van der Waals surface area contributed by atoms with Crippen molar-refractivity contribution in [3.8, 4) is 0 Å². The number of amides is 1. The van der Waals surface area contributed by atoms with Crippen molar-refractivity contribution >= 4 is 33.4 Å². The topological polar surface area (TPSA) is 59.3 Å². The van der Waals surface area contributed by atoms with Gasteiger partial charge in [-0.2, -0.15) is 0 Å². The molecule has 1 aliphatic rings. The molecule has 4 aromatic rings. The van der Waals surface area contributed by atoms with E-state index < -0.39 is 0 Å². The number of carbonyl (C=O) groups is 1. The highest BCUT2D eigenvalue weighted by Gasteiger charge is 2.24. The van der Waals surface area contributed by atoms with E-state index in [1.807, 2.05) is 46.6 Å². The Kier molecular flexibility index (Phi) is 7.36. The minimum Gasteiger partial charge on any atom is -0.372 e. The Balaban J connectivity index is 1.43. The summed E-state index contributed by atoms with van der Waals surface area (Å²) in [5.41, 5.74) is 4.66. The van der Waals surface area contributed by atoms with E-state index >= 15 is 0 Å². The number of aryl methyl sites for hydroxylation is 2. The molecule has 0 atom stereocenters. The lowest BCUT2D eigenvalue weighted by Gasteiger charge is -2.25. The van der Waals surface area contributed by atoms with Gasteiger partial charge in [-0.25, -0.2) is 0 Å². The number of nitrogens with one attached hydrogen (secondary N) is 1. The first-order valence-corrected chi connectivity index (χ1v) is 13.7. The summed E-state index contributed by atoms with van der Waals surface area (Å²) in [5, 5.41) is 4.89. The Hall–Kier alpha value is -3.54. The van der Waals surface area contributed by atoms with Gasteiger partial charge in [0.05, 0.1) is 5.56 Å². The molecule has 1 N–H and O–H groups in total. The van der Waals surface area contributed by atoms with Gasteiger partial charge in [0.25, 0.3) is 11.5 Å². The van der Waals surface area contributed by atoms with E-state index in [1.165, 1.54) is 17.7 Å². The number of fused-ring (bicyclic) bond motifs is 3. The molecule has 0 aliphatic heterocycles. The Morgan fingerprint density at radius 1 is 1.08 bits per heavy atom. The molecule has 1 saturated carbocycles. The molecule has 1 fully saturated rings. The number of benzene rings is 2. The van der Waals surface area contributed by atoms with Crippen molar-refractivity contribution in [1.29, 1.82) is 0 Å². The molecule has 2 aromatic heterocycles. The van der Waals surface area contributed by atoms with Gasteiger partial charge in [-0.3, -0.25) is 9.59 Å². The average molecular weight is 499 g/mol. The van der Waals surface area contributed by atoms with Crippen molar-refractivity contribution in [3.05, 3.63) is 76.2 Å². The van der Waals surface area contributed by atoms with E-state index in [0.717, 1.165) is 61.5 Å². The molecule has 0 radical (unpaired) electrons. The molecule has 0 saturated heterocycles. The number of hydrogen-bond acceptors (Lipinski definition) is 3. The number of carbonyl (C=O) groups excluding carboxylic acids is 1. The monoisotopic (exact) mass is 498 g/mol. The Bertz CT molecular complexity index is 1480. The van der Waals surface area contributed by atoms with Crippen LogP contribution in [0, 0.1) is 6.92 Å². The Labute approximate surface area is 218 Å². The highest BCUT2D eigenvalue weighted by molar-refractivity contribution is 6.17. The molecule has 1 aliphatic carbocycles. The van der Waals surface area contributed by atoms with Crippen LogP contribution in [0.1, 0.15) is 67.4 Å². The highest BCUT2D eigenvalue weighted by Crippen LogP contribution is 2.32. The fraction of sp³-hybridized carbons (Fsp3) is 0.419. The second-order valence-corrected chi connectivity index (χ2v) is 10.4. The predicted octanol–water partition coefficient (Wildman–Crippen LogP) is 5.95. The maximum absolute atomic E-state index is 13.7. The van der Waals surface area contributed by atoms with E-state index in [1.54, 1.807) is 0 Å². The standard InChI is InChI=1S/C31H38N4O2/c1-4-34(24-15-10-12-22(2)20-24)19-11-18-32-30(36)26-21-35(23-13-6-5-7-14-23)31(37)29-28(26)25-16-8-9-17-27(25)33(29)3/h8-10,12,15-17,20-21,23H,4-7,11,13-14,18-19H2,1-3H3,(H,32,36). The highest BCUT2D eigenvalue weighted by atomic mass is 16.2. The van der Waals surface area contributed by atoms with E-state index in [-0.39, 0.29) is 17.5 Å². The molecule has 1 amide bonds. The molecule has 2 aromatic carbocycles. The third-order valence-electron chi connectivity index (χ3n) is 7.93. The first-order chi connectivity index (χ1) is 18.0. The SMILES string of the molecule is CCN(CCCNC(=O)c1cn(C2CCCCC2)c(=O)c2c1c1ccccc1n2C)c1cccc(C)c1. The van der Waals surface area contributed by atoms with Gasteiger partial charge in [-0.1, -0.05) is 49.6 Å². The van der Waals surface area contributed by atoms with E-state index in [0.29, 0.717) is 17.6 Å². The summed E-state index contributed by atoms with van der Waals surface area (Å²) >= 11 is 0. The summed E-state index contributed by atoms with van der Waals surface area (Å²) in [6.45, 7) is 6.63.